The van der Waals surface area contributed by atoms with Gasteiger partial charge in [-0.3, -0.25) is 0 Å². The van der Waals surface area contributed by atoms with E-state index in [0.717, 1.165) is 11.1 Å². The lowest BCUT2D eigenvalue weighted by Crippen LogP contribution is -2.11. The summed E-state index contributed by atoms with van der Waals surface area (Å²) in [7, 11) is 1.24. The molecule has 0 bridgehead atoms. The Morgan fingerprint density at radius 2 is 1.85 bits per heavy atom. The quantitative estimate of drug-likeness (QED) is 0.689. The minimum Gasteiger partial charge on any atom is -0.478 e. The SMILES string of the molecule is COC(=O)c1c(N)c(C#N)cn1-c1ccc(-c2cccc(C(=O)O)c2)cc1. The number of nitrogens with zero attached hydrogens (tertiary/aromatic N) is 2. The van der Waals surface area contributed by atoms with Crippen LogP contribution in [0, 0.1) is 11.3 Å². The number of ether oxygens (including phenoxy) is 1. The molecule has 3 aromatic rings. The van der Waals surface area contributed by atoms with Crippen molar-refractivity contribution in [2.24, 2.45) is 0 Å². The van der Waals surface area contributed by atoms with Crippen molar-refractivity contribution in [3.8, 4) is 22.9 Å². The number of hydrogen-bond donors (Lipinski definition) is 2. The number of nitrogen functional groups attached to an aromatic ring is 1. The van der Waals surface area contributed by atoms with E-state index < -0.39 is 11.9 Å². The summed E-state index contributed by atoms with van der Waals surface area (Å²) in [4.78, 5) is 23.2. The lowest BCUT2D eigenvalue weighted by Gasteiger charge is -2.10. The van der Waals surface area contributed by atoms with Crippen molar-refractivity contribution in [1.82, 2.24) is 4.57 Å². The van der Waals surface area contributed by atoms with Gasteiger partial charge in [0.05, 0.1) is 23.9 Å². The highest BCUT2D eigenvalue weighted by Gasteiger charge is 2.21. The Hall–Kier alpha value is -4.05. The molecule has 0 atom stereocenters. The molecular weight excluding hydrogens is 346 g/mol. The van der Waals surface area contributed by atoms with Crippen LogP contribution < -0.4 is 5.73 Å². The van der Waals surface area contributed by atoms with E-state index >= 15 is 0 Å². The Labute approximate surface area is 154 Å². The summed E-state index contributed by atoms with van der Waals surface area (Å²) < 4.78 is 6.26. The van der Waals surface area contributed by atoms with E-state index in [4.69, 9.17) is 15.6 Å². The first-order valence-corrected chi connectivity index (χ1v) is 7.89. The highest BCUT2D eigenvalue weighted by atomic mass is 16.5. The van der Waals surface area contributed by atoms with Gasteiger partial charge in [0.1, 0.15) is 6.07 Å². The number of esters is 1. The highest BCUT2D eigenvalue weighted by molar-refractivity contribution is 5.96. The maximum absolute atomic E-state index is 12.1. The van der Waals surface area contributed by atoms with E-state index in [1.54, 1.807) is 36.4 Å². The second-order valence-electron chi connectivity index (χ2n) is 5.71. The van der Waals surface area contributed by atoms with Gasteiger partial charge in [0.25, 0.3) is 0 Å². The van der Waals surface area contributed by atoms with Crippen LogP contribution >= 0.6 is 0 Å². The third-order valence-corrected chi connectivity index (χ3v) is 4.13. The molecule has 0 aliphatic rings. The standard InChI is InChI=1S/C20H15N3O4/c1-27-20(26)18-17(22)15(10-21)11-23(18)16-7-5-12(6-8-16)13-3-2-4-14(9-13)19(24)25/h2-9,11H,22H2,1H3,(H,24,25). The van der Waals surface area contributed by atoms with Gasteiger partial charge in [-0.05, 0) is 35.4 Å². The number of carboxylic acid groups (broad SMARTS) is 1. The van der Waals surface area contributed by atoms with Crippen molar-refractivity contribution in [3.63, 3.8) is 0 Å². The van der Waals surface area contributed by atoms with Crippen LogP contribution in [0.4, 0.5) is 5.69 Å². The monoisotopic (exact) mass is 361 g/mol. The number of nitriles is 1. The summed E-state index contributed by atoms with van der Waals surface area (Å²) >= 11 is 0. The molecule has 0 radical (unpaired) electrons. The van der Waals surface area contributed by atoms with Crippen LogP contribution in [0.5, 0.6) is 0 Å². The van der Waals surface area contributed by atoms with Gasteiger partial charge in [-0.15, -0.1) is 0 Å². The molecule has 0 amide bonds. The van der Waals surface area contributed by atoms with Crippen molar-refractivity contribution < 1.29 is 19.4 Å². The fraction of sp³-hybridized carbons (Fsp3) is 0.0500. The number of methoxy groups -OCH3 is 1. The molecular formula is C20H15N3O4. The first kappa shape index (κ1) is 17.8. The number of carbonyl (C=O) groups is 2. The molecule has 7 heteroatoms. The second-order valence-corrected chi connectivity index (χ2v) is 5.71. The molecule has 3 rings (SSSR count). The Morgan fingerprint density at radius 1 is 1.15 bits per heavy atom. The topological polar surface area (TPSA) is 118 Å². The minimum absolute atomic E-state index is 0.0579. The maximum atomic E-state index is 12.1. The average molecular weight is 361 g/mol. The van der Waals surface area contributed by atoms with E-state index in [9.17, 15) is 14.9 Å². The van der Waals surface area contributed by atoms with E-state index in [0.29, 0.717) is 5.69 Å². The number of benzene rings is 2. The molecule has 7 nitrogen and oxygen atoms in total. The summed E-state index contributed by atoms with van der Waals surface area (Å²) in [5, 5.41) is 18.3. The highest BCUT2D eigenvalue weighted by Crippen LogP contribution is 2.27. The van der Waals surface area contributed by atoms with Crippen LogP contribution in [0.3, 0.4) is 0 Å². The lowest BCUT2D eigenvalue weighted by molar-refractivity contribution is 0.0592. The van der Waals surface area contributed by atoms with Crippen molar-refractivity contribution in [1.29, 1.82) is 5.26 Å². The molecule has 0 fully saturated rings. The Kier molecular flexibility index (Phi) is 4.64. The van der Waals surface area contributed by atoms with Crippen molar-refractivity contribution in [2.75, 3.05) is 12.8 Å². The Bertz CT molecular complexity index is 1080. The van der Waals surface area contributed by atoms with E-state index in [-0.39, 0.29) is 22.5 Å². The molecule has 134 valence electrons. The van der Waals surface area contributed by atoms with E-state index in [1.807, 2.05) is 12.1 Å². The smallest absolute Gasteiger partial charge is 0.357 e. The van der Waals surface area contributed by atoms with Gasteiger partial charge < -0.3 is 20.1 Å². The van der Waals surface area contributed by atoms with Gasteiger partial charge in [-0.2, -0.15) is 5.26 Å². The van der Waals surface area contributed by atoms with Gasteiger partial charge >= 0.3 is 11.9 Å². The maximum Gasteiger partial charge on any atom is 0.357 e. The van der Waals surface area contributed by atoms with Gasteiger partial charge in [0.15, 0.2) is 5.69 Å². The molecule has 0 spiro atoms. The zero-order chi connectivity index (χ0) is 19.6. The molecule has 1 aromatic heterocycles. The zero-order valence-electron chi connectivity index (χ0n) is 14.3. The van der Waals surface area contributed by atoms with Crippen molar-refractivity contribution in [3.05, 3.63) is 71.5 Å². The van der Waals surface area contributed by atoms with Crippen LogP contribution in [-0.4, -0.2) is 28.7 Å². The largest absolute Gasteiger partial charge is 0.478 e. The molecule has 3 N–H and O–H groups in total. The summed E-state index contributed by atoms with van der Waals surface area (Å²) in [6.45, 7) is 0. The molecule has 0 saturated heterocycles. The number of hydrogen-bond acceptors (Lipinski definition) is 5. The van der Waals surface area contributed by atoms with Crippen LogP contribution in [0.2, 0.25) is 0 Å². The van der Waals surface area contributed by atoms with Crippen LogP contribution in [-0.2, 0) is 4.74 Å². The summed E-state index contributed by atoms with van der Waals surface area (Å²) in [5.41, 5.74) is 8.57. The number of nitrogens with two attached hydrogens (primary N) is 1. The number of aromatic nitrogens is 1. The zero-order valence-corrected chi connectivity index (χ0v) is 14.3. The average Bonchev–Trinajstić information content (AvgIpc) is 3.04. The second kappa shape index (κ2) is 7.06. The summed E-state index contributed by atoms with van der Waals surface area (Å²) in [6.07, 6.45) is 1.47. The van der Waals surface area contributed by atoms with Gasteiger partial charge in [0, 0.05) is 11.9 Å². The minimum atomic E-state index is -0.997. The van der Waals surface area contributed by atoms with Crippen LogP contribution in [0.15, 0.2) is 54.7 Å². The normalized spacial score (nSPS) is 10.2. The summed E-state index contributed by atoms with van der Waals surface area (Å²) in [5.74, 6) is -1.64. The number of aromatic carboxylic acids is 1. The molecule has 27 heavy (non-hydrogen) atoms. The number of anilines is 1. The first-order chi connectivity index (χ1) is 13.0. The van der Waals surface area contributed by atoms with Crippen LogP contribution in [0.25, 0.3) is 16.8 Å². The third kappa shape index (κ3) is 3.24. The Balaban J connectivity index is 2.04. The molecule has 0 saturated carbocycles. The van der Waals surface area contributed by atoms with Crippen LogP contribution in [0.1, 0.15) is 26.4 Å². The number of carboxylic acids is 1. The molecule has 0 aliphatic carbocycles. The fourth-order valence-corrected chi connectivity index (χ4v) is 2.76. The van der Waals surface area contributed by atoms with Crippen molar-refractivity contribution >= 4 is 17.6 Å². The lowest BCUT2D eigenvalue weighted by atomic mass is 10.0. The molecule has 0 unspecified atom stereocenters. The predicted molar refractivity (Wildman–Crippen MR) is 98.6 cm³/mol. The Morgan fingerprint density at radius 3 is 2.44 bits per heavy atom. The molecule has 2 aromatic carbocycles. The van der Waals surface area contributed by atoms with E-state index in [2.05, 4.69) is 0 Å². The first-order valence-electron chi connectivity index (χ1n) is 7.89. The fourth-order valence-electron chi connectivity index (χ4n) is 2.76. The van der Waals surface area contributed by atoms with Gasteiger partial charge in [0.2, 0.25) is 0 Å². The van der Waals surface area contributed by atoms with Gasteiger partial charge in [-0.1, -0.05) is 24.3 Å². The van der Waals surface area contributed by atoms with Crippen molar-refractivity contribution in [2.45, 2.75) is 0 Å². The van der Waals surface area contributed by atoms with E-state index in [1.165, 1.54) is 23.9 Å². The summed E-state index contributed by atoms with van der Waals surface area (Å²) in [6, 6.07) is 15.6. The number of rotatable bonds is 4. The predicted octanol–water partition coefficient (Wildman–Crippen LogP) is 3.08. The molecule has 1 heterocycles. The number of carbonyl (C=O) groups excluding carboxylic acids is 1. The molecule has 0 aliphatic heterocycles. The third-order valence-electron chi connectivity index (χ3n) is 4.13. The van der Waals surface area contributed by atoms with Gasteiger partial charge in [-0.25, -0.2) is 9.59 Å².